The zero-order chi connectivity index (χ0) is 16.8. The van der Waals surface area contributed by atoms with Crippen molar-refractivity contribution in [1.82, 2.24) is 4.90 Å². The molecule has 130 valence electrons. The summed E-state index contributed by atoms with van der Waals surface area (Å²) in [5, 5.41) is 0. The normalized spacial score (nSPS) is 22.2. The van der Waals surface area contributed by atoms with Gasteiger partial charge in [0.05, 0.1) is 19.8 Å². The van der Waals surface area contributed by atoms with Crippen LogP contribution in [0.4, 0.5) is 0 Å². The molecule has 2 saturated heterocycles. The Labute approximate surface area is 143 Å². The predicted octanol–water partition coefficient (Wildman–Crippen LogP) is 2.71. The fourth-order valence-electron chi connectivity index (χ4n) is 3.20. The molecule has 0 aliphatic carbocycles. The van der Waals surface area contributed by atoms with Gasteiger partial charge in [0.2, 0.25) is 5.91 Å². The molecule has 1 atom stereocenters. The van der Waals surface area contributed by atoms with E-state index in [2.05, 4.69) is 0 Å². The molecule has 2 aliphatic heterocycles. The average molecular weight is 331 g/mol. The van der Waals surface area contributed by atoms with Gasteiger partial charge in [0.15, 0.2) is 6.29 Å². The summed E-state index contributed by atoms with van der Waals surface area (Å²) in [5.41, 5.74) is 0.989. The Morgan fingerprint density at radius 3 is 2.75 bits per heavy atom. The van der Waals surface area contributed by atoms with Gasteiger partial charge in [-0.05, 0) is 43.5 Å². The molecule has 0 saturated carbocycles. The average Bonchev–Trinajstić information content (AvgIpc) is 3.16. The molecule has 0 spiro atoms. The summed E-state index contributed by atoms with van der Waals surface area (Å²) in [7, 11) is 0. The third-order valence-electron chi connectivity index (χ3n) is 4.41. The van der Waals surface area contributed by atoms with Gasteiger partial charge >= 0.3 is 0 Å². The van der Waals surface area contributed by atoms with Crippen LogP contribution in [0, 0.1) is 5.92 Å². The lowest BCUT2D eigenvalue weighted by molar-refractivity contribution is -0.134. The van der Waals surface area contributed by atoms with Crippen LogP contribution in [0.5, 0.6) is 5.75 Å². The smallest absolute Gasteiger partial charge is 0.246 e. The maximum absolute atomic E-state index is 12.4. The maximum atomic E-state index is 12.4. The molecule has 0 radical (unpaired) electrons. The Morgan fingerprint density at radius 1 is 1.29 bits per heavy atom. The first-order valence-electron chi connectivity index (χ1n) is 8.69. The highest BCUT2D eigenvalue weighted by Gasteiger charge is 2.32. The number of carbonyl (C=O) groups is 1. The first-order chi connectivity index (χ1) is 11.8. The van der Waals surface area contributed by atoms with E-state index in [4.69, 9.17) is 14.2 Å². The number of hydrogen-bond acceptors (Lipinski definition) is 4. The minimum Gasteiger partial charge on any atom is -0.494 e. The van der Waals surface area contributed by atoms with Crippen molar-refractivity contribution in [2.45, 2.75) is 26.1 Å². The summed E-state index contributed by atoms with van der Waals surface area (Å²) in [6, 6.07) is 7.74. The van der Waals surface area contributed by atoms with Crippen LogP contribution in [0.15, 0.2) is 30.3 Å². The van der Waals surface area contributed by atoms with E-state index >= 15 is 0 Å². The van der Waals surface area contributed by atoms with Crippen LogP contribution < -0.4 is 4.74 Å². The van der Waals surface area contributed by atoms with Crippen molar-refractivity contribution in [1.29, 1.82) is 0 Å². The summed E-state index contributed by atoms with van der Waals surface area (Å²) in [5.74, 6) is 1.17. The van der Waals surface area contributed by atoms with Crippen molar-refractivity contribution >= 4 is 12.0 Å². The zero-order valence-electron chi connectivity index (χ0n) is 14.1. The van der Waals surface area contributed by atoms with Crippen molar-refractivity contribution in [3.63, 3.8) is 0 Å². The van der Waals surface area contributed by atoms with Crippen LogP contribution in [0.25, 0.3) is 6.08 Å². The van der Waals surface area contributed by atoms with Crippen LogP contribution in [0.2, 0.25) is 0 Å². The van der Waals surface area contributed by atoms with Gasteiger partial charge in [0, 0.05) is 25.1 Å². The second-order valence-corrected chi connectivity index (χ2v) is 6.13. The van der Waals surface area contributed by atoms with E-state index < -0.39 is 0 Å². The number of benzene rings is 1. The molecule has 1 aromatic carbocycles. The standard InChI is InChI=1S/C19H25NO4/c1-2-22-17-8-5-15(6-9-17)7-10-18(21)20-11-3-4-16(14-20)19-23-12-13-24-19/h5-10,16,19H,2-4,11-14H2,1H3/b10-7+. The number of likely N-dealkylation sites (tertiary alicyclic amines) is 1. The fraction of sp³-hybridized carbons (Fsp3) is 0.526. The molecule has 5 nitrogen and oxygen atoms in total. The van der Waals surface area contributed by atoms with E-state index in [1.807, 2.05) is 42.2 Å². The minimum absolute atomic E-state index is 0.0478. The van der Waals surface area contributed by atoms with Crippen molar-refractivity contribution in [3.8, 4) is 5.75 Å². The summed E-state index contributed by atoms with van der Waals surface area (Å²) in [6.45, 7) is 5.44. The lowest BCUT2D eigenvalue weighted by atomic mass is 9.97. The Hall–Kier alpha value is -1.85. The SMILES string of the molecule is CCOc1ccc(/C=C/C(=O)N2CCCC(C3OCCO3)C2)cc1. The van der Waals surface area contributed by atoms with Gasteiger partial charge in [-0.3, -0.25) is 4.79 Å². The Kier molecular flexibility index (Phi) is 5.88. The third kappa shape index (κ3) is 4.36. The summed E-state index contributed by atoms with van der Waals surface area (Å²) >= 11 is 0. The Bertz CT molecular complexity index is 563. The van der Waals surface area contributed by atoms with Gasteiger partial charge in [-0.25, -0.2) is 0 Å². The predicted molar refractivity (Wildman–Crippen MR) is 91.6 cm³/mol. The number of carbonyl (C=O) groups excluding carboxylic acids is 1. The van der Waals surface area contributed by atoms with Crippen LogP contribution >= 0.6 is 0 Å². The van der Waals surface area contributed by atoms with Gasteiger partial charge in [-0.1, -0.05) is 12.1 Å². The van der Waals surface area contributed by atoms with Gasteiger partial charge < -0.3 is 19.1 Å². The molecule has 5 heteroatoms. The largest absolute Gasteiger partial charge is 0.494 e. The number of nitrogens with zero attached hydrogens (tertiary/aromatic N) is 1. The van der Waals surface area contributed by atoms with Crippen molar-refractivity contribution < 1.29 is 19.0 Å². The second-order valence-electron chi connectivity index (χ2n) is 6.13. The van der Waals surface area contributed by atoms with E-state index in [1.54, 1.807) is 6.08 Å². The van der Waals surface area contributed by atoms with Crippen LogP contribution in [0.1, 0.15) is 25.3 Å². The van der Waals surface area contributed by atoms with Crippen molar-refractivity contribution in [3.05, 3.63) is 35.9 Å². The van der Waals surface area contributed by atoms with Crippen LogP contribution in [-0.4, -0.2) is 50.0 Å². The fourth-order valence-corrected chi connectivity index (χ4v) is 3.20. The molecule has 2 aliphatic rings. The summed E-state index contributed by atoms with van der Waals surface area (Å²) < 4.78 is 16.6. The highest BCUT2D eigenvalue weighted by Crippen LogP contribution is 2.25. The Morgan fingerprint density at radius 2 is 2.04 bits per heavy atom. The quantitative estimate of drug-likeness (QED) is 0.779. The van der Waals surface area contributed by atoms with Crippen LogP contribution in [-0.2, 0) is 14.3 Å². The van der Waals surface area contributed by atoms with E-state index in [9.17, 15) is 4.79 Å². The molecule has 2 fully saturated rings. The number of hydrogen-bond donors (Lipinski definition) is 0. The van der Waals surface area contributed by atoms with Gasteiger partial charge in [0.1, 0.15) is 5.75 Å². The van der Waals surface area contributed by atoms with Gasteiger partial charge in [-0.15, -0.1) is 0 Å². The maximum Gasteiger partial charge on any atom is 0.246 e. The molecule has 0 aromatic heterocycles. The molecule has 1 aromatic rings. The topological polar surface area (TPSA) is 48.0 Å². The van der Waals surface area contributed by atoms with E-state index in [1.165, 1.54) is 0 Å². The molecule has 0 bridgehead atoms. The molecule has 3 rings (SSSR count). The number of amides is 1. The van der Waals surface area contributed by atoms with E-state index in [0.29, 0.717) is 26.4 Å². The molecule has 2 heterocycles. The van der Waals surface area contributed by atoms with E-state index in [0.717, 1.165) is 30.7 Å². The lowest BCUT2D eigenvalue weighted by Gasteiger charge is -2.34. The molecule has 1 unspecified atom stereocenters. The number of ether oxygens (including phenoxy) is 3. The third-order valence-corrected chi connectivity index (χ3v) is 4.41. The monoisotopic (exact) mass is 331 g/mol. The van der Waals surface area contributed by atoms with Crippen molar-refractivity contribution in [2.24, 2.45) is 5.92 Å². The molecule has 0 N–H and O–H groups in total. The number of piperidine rings is 1. The highest BCUT2D eigenvalue weighted by molar-refractivity contribution is 5.91. The molecular formula is C19H25NO4. The van der Waals surface area contributed by atoms with Crippen LogP contribution in [0.3, 0.4) is 0 Å². The molecule has 24 heavy (non-hydrogen) atoms. The first kappa shape index (κ1) is 17.0. The number of rotatable bonds is 5. The first-order valence-corrected chi connectivity index (χ1v) is 8.69. The van der Waals surface area contributed by atoms with Gasteiger partial charge in [-0.2, -0.15) is 0 Å². The van der Waals surface area contributed by atoms with Gasteiger partial charge in [0.25, 0.3) is 0 Å². The molecule has 1 amide bonds. The Balaban J connectivity index is 1.55. The molecular weight excluding hydrogens is 306 g/mol. The minimum atomic E-state index is -0.143. The second kappa shape index (κ2) is 8.31. The van der Waals surface area contributed by atoms with Crippen molar-refractivity contribution in [2.75, 3.05) is 32.9 Å². The summed E-state index contributed by atoms with van der Waals surface area (Å²) in [4.78, 5) is 14.3. The zero-order valence-corrected chi connectivity index (χ0v) is 14.1. The summed E-state index contributed by atoms with van der Waals surface area (Å²) in [6.07, 6.45) is 5.40. The lowest BCUT2D eigenvalue weighted by Crippen LogP contribution is -2.43. The van der Waals surface area contributed by atoms with E-state index in [-0.39, 0.29) is 18.1 Å². The highest BCUT2D eigenvalue weighted by atomic mass is 16.7.